The van der Waals surface area contributed by atoms with Gasteiger partial charge in [-0.15, -0.1) is 35.9 Å². The maximum Gasteiger partial charge on any atom is 0.0774 e. The fourth-order valence-corrected chi connectivity index (χ4v) is 8.03. The number of aromatic nitrogens is 2. The van der Waals surface area contributed by atoms with Crippen molar-refractivity contribution in [2.45, 2.75) is 78.4 Å². The Kier molecular flexibility index (Phi) is 11.6. The van der Waals surface area contributed by atoms with E-state index in [1.165, 1.54) is 0 Å². The first-order chi connectivity index (χ1) is 20.0. The first kappa shape index (κ1) is 32.6. The summed E-state index contributed by atoms with van der Waals surface area (Å²) in [4.78, 5) is 4.79. The maximum atomic E-state index is 10.7. The standard InChI is InChI=1S/C19H13N2.C18H34O2.Ir/c1-3-9-15(10-4-1)19-20-17-13-7-8-14-18(17)21(19)16-11-5-2-6-12-16;1-5-11(6-2)14-9-13-10-15(12(7-3)8-4)18(20)16(13)17(14)19;/h1-9,11-14H;11-20H,5-10H2,1-4H3;/q-1;;/t;13?,14-,15+,16?,17?,18?;. The van der Waals surface area contributed by atoms with Crippen LogP contribution in [0, 0.1) is 41.6 Å². The van der Waals surface area contributed by atoms with E-state index in [0.717, 1.165) is 66.6 Å². The van der Waals surface area contributed by atoms with Crippen LogP contribution in [0.4, 0.5) is 0 Å². The molecular formula is C37H47IrN2O2-. The molecule has 42 heavy (non-hydrogen) atoms. The summed E-state index contributed by atoms with van der Waals surface area (Å²) in [6, 6.07) is 29.7. The summed E-state index contributed by atoms with van der Waals surface area (Å²) >= 11 is 0. The van der Waals surface area contributed by atoms with E-state index in [0.29, 0.717) is 29.6 Å². The molecule has 0 saturated heterocycles. The molecular weight excluding hydrogens is 697 g/mol. The molecule has 1 aromatic heterocycles. The van der Waals surface area contributed by atoms with Gasteiger partial charge in [-0.3, -0.25) is 4.98 Å². The molecule has 2 aliphatic rings. The van der Waals surface area contributed by atoms with Crippen molar-refractivity contribution in [3.8, 4) is 17.1 Å². The third-order valence-electron chi connectivity index (χ3n) is 10.2. The molecule has 2 aliphatic carbocycles. The maximum absolute atomic E-state index is 10.7. The molecule has 3 aromatic carbocycles. The molecule has 4 unspecified atom stereocenters. The zero-order valence-electron chi connectivity index (χ0n) is 25.5. The van der Waals surface area contributed by atoms with Gasteiger partial charge >= 0.3 is 0 Å². The van der Waals surface area contributed by atoms with Crippen molar-refractivity contribution >= 4 is 11.0 Å². The van der Waals surface area contributed by atoms with Crippen molar-refractivity contribution in [1.29, 1.82) is 0 Å². The Bertz CT molecular complexity index is 1340. The average molecular weight is 744 g/mol. The molecule has 0 bridgehead atoms. The second-order valence-electron chi connectivity index (χ2n) is 12.1. The van der Waals surface area contributed by atoms with Crippen LogP contribution in [-0.4, -0.2) is 32.0 Å². The van der Waals surface area contributed by atoms with Gasteiger partial charge in [-0.2, -0.15) is 0 Å². The Morgan fingerprint density at radius 2 is 1.31 bits per heavy atom. The first-order valence-electron chi connectivity index (χ1n) is 15.9. The summed E-state index contributed by atoms with van der Waals surface area (Å²) in [5.74, 6) is 3.77. The fourth-order valence-electron chi connectivity index (χ4n) is 8.03. The van der Waals surface area contributed by atoms with Gasteiger partial charge in [-0.1, -0.05) is 83.7 Å². The number of imidazole rings is 1. The summed E-state index contributed by atoms with van der Waals surface area (Å²) in [7, 11) is 0. The van der Waals surface area contributed by atoms with Gasteiger partial charge in [0.15, 0.2) is 0 Å². The van der Waals surface area contributed by atoms with Crippen LogP contribution in [0.25, 0.3) is 28.1 Å². The van der Waals surface area contributed by atoms with E-state index >= 15 is 0 Å². The number of fused-ring (bicyclic) bond motifs is 2. The third-order valence-corrected chi connectivity index (χ3v) is 10.2. The van der Waals surface area contributed by atoms with Crippen LogP contribution in [0.5, 0.6) is 0 Å². The molecule has 2 fully saturated rings. The minimum absolute atomic E-state index is 0. The quantitative estimate of drug-likeness (QED) is 0.179. The number of hydrogen-bond donors (Lipinski definition) is 2. The van der Waals surface area contributed by atoms with Crippen LogP contribution >= 0.6 is 0 Å². The van der Waals surface area contributed by atoms with Gasteiger partial charge in [0.25, 0.3) is 0 Å². The van der Waals surface area contributed by atoms with Gasteiger partial charge in [0.05, 0.1) is 29.1 Å². The summed E-state index contributed by atoms with van der Waals surface area (Å²) in [5, 5.41) is 21.5. The van der Waals surface area contributed by atoms with Crippen LogP contribution in [0.15, 0.2) is 78.9 Å². The minimum Gasteiger partial charge on any atom is -0.392 e. The van der Waals surface area contributed by atoms with E-state index < -0.39 is 0 Å². The Labute approximate surface area is 265 Å². The van der Waals surface area contributed by atoms with Crippen molar-refractivity contribution in [2.24, 2.45) is 35.5 Å². The number of aliphatic hydroxyl groups is 2. The molecule has 1 radical (unpaired) electrons. The summed E-state index contributed by atoms with van der Waals surface area (Å²) < 4.78 is 2.18. The number of para-hydroxylation sites is 3. The molecule has 1 heterocycles. The Morgan fingerprint density at radius 3 is 1.83 bits per heavy atom. The molecule has 2 N–H and O–H groups in total. The summed E-state index contributed by atoms with van der Waals surface area (Å²) in [6.07, 6.45) is 6.39. The van der Waals surface area contributed by atoms with E-state index in [2.05, 4.69) is 56.5 Å². The van der Waals surface area contributed by atoms with Crippen molar-refractivity contribution in [3.05, 3.63) is 84.9 Å². The predicted octanol–water partition coefficient (Wildman–Crippen LogP) is 8.34. The molecule has 0 amide bonds. The van der Waals surface area contributed by atoms with Gasteiger partial charge in [0, 0.05) is 31.7 Å². The van der Waals surface area contributed by atoms with Gasteiger partial charge in [0.1, 0.15) is 0 Å². The molecule has 0 spiro atoms. The molecule has 227 valence electrons. The summed E-state index contributed by atoms with van der Waals surface area (Å²) in [6.45, 7) is 8.94. The predicted molar refractivity (Wildman–Crippen MR) is 169 cm³/mol. The van der Waals surface area contributed by atoms with Gasteiger partial charge in [0.2, 0.25) is 0 Å². The van der Waals surface area contributed by atoms with Crippen LogP contribution in [0.2, 0.25) is 0 Å². The fraction of sp³-hybridized carbons (Fsp3) is 0.486. The van der Waals surface area contributed by atoms with E-state index in [1.54, 1.807) is 0 Å². The zero-order valence-corrected chi connectivity index (χ0v) is 27.9. The third kappa shape index (κ3) is 6.45. The molecule has 6 atom stereocenters. The molecule has 4 nitrogen and oxygen atoms in total. The van der Waals surface area contributed by atoms with Crippen molar-refractivity contribution in [1.82, 2.24) is 9.55 Å². The van der Waals surface area contributed by atoms with Crippen LogP contribution in [0.1, 0.15) is 66.2 Å². The van der Waals surface area contributed by atoms with Crippen LogP contribution < -0.4 is 0 Å². The molecule has 6 rings (SSSR count). The molecule has 2 saturated carbocycles. The van der Waals surface area contributed by atoms with Gasteiger partial charge in [-0.25, -0.2) is 0 Å². The van der Waals surface area contributed by atoms with Crippen molar-refractivity contribution in [3.63, 3.8) is 0 Å². The van der Waals surface area contributed by atoms with E-state index in [1.807, 2.05) is 60.7 Å². The van der Waals surface area contributed by atoms with Gasteiger partial charge < -0.3 is 14.8 Å². The Hall–Kier alpha value is -2.30. The molecule has 5 heteroatoms. The number of hydrogen-bond acceptors (Lipinski definition) is 3. The Morgan fingerprint density at radius 1 is 0.762 bits per heavy atom. The topological polar surface area (TPSA) is 58.3 Å². The SMILES string of the molecule is CCC(CC)[C@H]1CC2C[C@@H](C(CC)CC)C(O)C2C1O.[Ir].[c-]1ccccc1-c1nc2ccccc2n1-c1ccccc1. The second kappa shape index (κ2) is 14.9. The van der Waals surface area contributed by atoms with Crippen LogP contribution in [-0.2, 0) is 20.1 Å². The van der Waals surface area contributed by atoms with E-state index in [-0.39, 0.29) is 38.2 Å². The first-order valence-corrected chi connectivity index (χ1v) is 15.9. The van der Waals surface area contributed by atoms with E-state index in [4.69, 9.17) is 4.98 Å². The number of aliphatic hydroxyl groups excluding tert-OH is 2. The largest absolute Gasteiger partial charge is 0.392 e. The summed E-state index contributed by atoms with van der Waals surface area (Å²) in [5.41, 5.74) is 4.21. The smallest absolute Gasteiger partial charge is 0.0774 e. The second-order valence-corrected chi connectivity index (χ2v) is 12.1. The average Bonchev–Trinajstić information content (AvgIpc) is 3.67. The van der Waals surface area contributed by atoms with Crippen molar-refractivity contribution < 1.29 is 30.3 Å². The Balaban J connectivity index is 0.000000189. The number of rotatable bonds is 8. The number of benzene rings is 3. The molecule has 4 aromatic rings. The normalized spacial score (nSPS) is 24.9. The zero-order chi connectivity index (χ0) is 28.9. The van der Waals surface area contributed by atoms with Crippen molar-refractivity contribution in [2.75, 3.05) is 0 Å². The van der Waals surface area contributed by atoms with Gasteiger partial charge in [-0.05, 0) is 66.7 Å². The van der Waals surface area contributed by atoms with E-state index in [9.17, 15) is 10.2 Å². The van der Waals surface area contributed by atoms with Crippen LogP contribution in [0.3, 0.4) is 0 Å². The minimum atomic E-state index is -0.265. The number of nitrogens with zero attached hydrogens (tertiary/aromatic N) is 2. The monoisotopic (exact) mass is 744 g/mol. The molecule has 0 aliphatic heterocycles.